The Morgan fingerprint density at radius 1 is 1.50 bits per heavy atom. The monoisotopic (exact) mass is 320 g/mol. The number of amides is 2. The zero-order valence-corrected chi connectivity index (χ0v) is 12.2. The second-order valence-corrected chi connectivity index (χ2v) is 5.29. The van der Waals surface area contributed by atoms with E-state index in [1.165, 1.54) is 23.9 Å². The quantitative estimate of drug-likeness (QED) is 0.753. The molecule has 0 aliphatic carbocycles. The average Bonchev–Trinajstić information content (AvgIpc) is 2.38. The molecule has 1 atom stereocenters. The maximum atomic E-state index is 13.0. The molecule has 0 saturated carbocycles. The molecule has 110 valence electrons. The molecule has 0 radical (unpaired) electrons. The van der Waals surface area contributed by atoms with Crippen molar-refractivity contribution in [2.75, 3.05) is 17.3 Å². The Balaban J connectivity index is 2.60. The summed E-state index contributed by atoms with van der Waals surface area (Å²) in [6.07, 6.45) is 2.16. The average molecular weight is 321 g/mol. The number of urea groups is 1. The molecule has 0 bridgehead atoms. The highest BCUT2D eigenvalue weighted by molar-refractivity contribution is 7.98. The Hall–Kier alpha value is -1.47. The van der Waals surface area contributed by atoms with E-state index in [0.717, 1.165) is 6.07 Å². The standard InChI is InChI=1S/C12H14ClFN2O3S/c1-20-5-4-10(11(17)18)16-12(19)15-7-2-3-9(14)8(13)6-7/h2-3,6,10H,4-5H2,1H3,(H,17,18)(H2,15,16,19)/t10-/m0/s1. The number of carbonyl (C=O) groups excluding carboxylic acids is 1. The lowest BCUT2D eigenvalue weighted by Gasteiger charge is -2.14. The van der Waals surface area contributed by atoms with Crippen molar-refractivity contribution in [2.45, 2.75) is 12.5 Å². The van der Waals surface area contributed by atoms with Crippen LogP contribution in [0, 0.1) is 5.82 Å². The highest BCUT2D eigenvalue weighted by Gasteiger charge is 2.19. The van der Waals surface area contributed by atoms with E-state index in [1.54, 1.807) is 0 Å². The van der Waals surface area contributed by atoms with Gasteiger partial charge in [-0.15, -0.1) is 0 Å². The van der Waals surface area contributed by atoms with Crippen LogP contribution in [-0.2, 0) is 4.79 Å². The van der Waals surface area contributed by atoms with Crippen molar-refractivity contribution in [3.63, 3.8) is 0 Å². The number of aliphatic carboxylic acids is 1. The smallest absolute Gasteiger partial charge is 0.326 e. The van der Waals surface area contributed by atoms with Crippen molar-refractivity contribution in [3.05, 3.63) is 29.0 Å². The summed E-state index contributed by atoms with van der Waals surface area (Å²) in [6, 6.07) is 2.03. The second-order valence-electron chi connectivity index (χ2n) is 3.90. The molecule has 1 aromatic carbocycles. The zero-order valence-electron chi connectivity index (χ0n) is 10.7. The number of rotatable bonds is 6. The predicted octanol–water partition coefficient (Wildman–Crippen LogP) is 2.81. The molecule has 8 heteroatoms. The van der Waals surface area contributed by atoms with Gasteiger partial charge in [-0.2, -0.15) is 11.8 Å². The number of halogens is 2. The van der Waals surface area contributed by atoms with E-state index in [-0.39, 0.29) is 10.7 Å². The Labute approximate surface area is 124 Å². The fraction of sp³-hybridized carbons (Fsp3) is 0.333. The van der Waals surface area contributed by atoms with Crippen molar-refractivity contribution < 1.29 is 19.1 Å². The SMILES string of the molecule is CSCC[C@H](NC(=O)Nc1ccc(F)c(Cl)c1)C(=O)O. The third-order valence-electron chi connectivity index (χ3n) is 2.39. The summed E-state index contributed by atoms with van der Waals surface area (Å²) >= 11 is 7.07. The topological polar surface area (TPSA) is 78.4 Å². The summed E-state index contributed by atoms with van der Waals surface area (Å²) in [7, 11) is 0. The van der Waals surface area contributed by atoms with Crippen molar-refractivity contribution in [1.29, 1.82) is 0 Å². The first kappa shape index (κ1) is 16.6. The van der Waals surface area contributed by atoms with Gasteiger partial charge in [0.15, 0.2) is 0 Å². The maximum absolute atomic E-state index is 13.0. The van der Waals surface area contributed by atoms with Gasteiger partial charge in [0, 0.05) is 5.69 Å². The fourth-order valence-corrected chi connectivity index (χ4v) is 2.04. The van der Waals surface area contributed by atoms with Crippen LogP contribution < -0.4 is 10.6 Å². The minimum atomic E-state index is -1.11. The van der Waals surface area contributed by atoms with Gasteiger partial charge in [-0.3, -0.25) is 0 Å². The number of nitrogens with one attached hydrogen (secondary N) is 2. The van der Waals surface area contributed by atoms with E-state index in [0.29, 0.717) is 12.2 Å². The van der Waals surface area contributed by atoms with Gasteiger partial charge in [0.2, 0.25) is 0 Å². The number of benzene rings is 1. The lowest BCUT2D eigenvalue weighted by atomic mass is 10.2. The molecular weight excluding hydrogens is 307 g/mol. The van der Waals surface area contributed by atoms with Gasteiger partial charge in [-0.05, 0) is 36.6 Å². The van der Waals surface area contributed by atoms with Crippen molar-refractivity contribution >= 4 is 41.1 Å². The predicted molar refractivity (Wildman–Crippen MR) is 78.0 cm³/mol. The van der Waals surface area contributed by atoms with E-state index in [4.69, 9.17) is 16.7 Å². The molecule has 0 heterocycles. The molecule has 0 saturated heterocycles. The molecule has 0 unspecified atom stereocenters. The zero-order chi connectivity index (χ0) is 15.1. The second kappa shape index (κ2) is 7.96. The first-order valence-corrected chi connectivity index (χ1v) is 7.45. The van der Waals surface area contributed by atoms with Crippen LogP contribution in [0.4, 0.5) is 14.9 Å². The third-order valence-corrected chi connectivity index (χ3v) is 3.33. The van der Waals surface area contributed by atoms with Crippen molar-refractivity contribution in [3.8, 4) is 0 Å². The van der Waals surface area contributed by atoms with E-state index in [2.05, 4.69) is 10.6 Å². The van der Waals surface area contributed by atoms with E-state index in [9.17, 15) is 14.0 Å². The highest BCUT2D eigenvalue weighted by atomic mass is 35.5. The van der Waals surface area contributed by atoms with Crippen molar-refractivity contribution in [1.82, 2.24) is 5.32 Å². The molecule has 0 aromatic heterocycles. The largest absolute Gasteiger partial charge is 0.480 e. The van der Waals surface area contributed by atoms with Crippen LogP contribution >= 0.6 is 23.4 Å². The molecule has 0 aliphatic heterocycles. The molecule has 2 amide bonds. The number of hydrogen-bond acceptors (Lipinski definition) is 3. The molecule has 0 fully saturated rings. The van der Waals surface area contributed by atoms with E-state index >= 15 is 0 Å². The highest BCUT2D eigenvalue weighted by Crippen LogP contribution is 2.19. The van der Waals surface area contributed by atoms with Crippen molar-refractivity contribution in [2.24, 2.45) is 0 Å². The first-order chi connectivity index (χ1) is 9.43. The molecule has 1 rings (SSSR count). The molecule has 0 spiro atoms. The van der Waals surface area contributed by atoms with E-state index in [1.807, 2.05) is 6.26 Å². The van der Waals surface area contributed by atoms with Crippen LogP contribution in [0.5, 0.6) is 0 Å². The van der Waals surface area contributed by atoms with Gasteiger partial charge in [-0.25, -0.2) is 14.0 Å². The van der Waals surface area contributed by atoms with Crippen LogP contribution in [0.25, 0.3) is 0 Å². The number of thioether (sulfide) groups is 1. The summed E-state index contributed by atoms with van der Waals surface area (Å²) < 4.78 is 13.0. The Morgan fingerprint density at radius 3 is 2.75 bits per heavy atom. The molecule has 3 N–H and O–H groups in total. The lowest BCUT2D eigenvalue weighted by Crippen LogP contribution is -2.43. The van der Waals surface area contributed by atoms with Crippen LogP contribution in [0.15, 0.2) is 18.2 Å². The summed E-state index contributed by atoms with van der Waals surface area (Å²) in [5, 5.41) is 13.6. The van der Waals surface area contributed by atoms with Gasteiger partial charge >= 0.3 is 12.0 Å². The number of carboxylic acid groups (broad SMARTS) is 1. The lowest BCUT2D eigenvalue weighted by molar-refractivity contribution is -0.139. The van der Waals surface area contributed by atoms with Crippen LogP contribution in [0.2, 0.25) is 5.02 Å². The number of anilines is 1. The maximum Gasteiger partial charge on any atom is 0.326 e. The molecule has 0 aliphatic rings. The molecule has 1 aromatic rings. The number of hydrogen-bond donors (Lipinski definition) is 3. The van der Waals surface area contributed by atoms with Crippen LogP contribution in [-0.4, -0.2) is 35.2 Å². The third kappa shape index (κ3) is 5.26. The summed E-state index contributed by atoms with van der Waals surface area (Å²) in [5.74, 6) is -1.09. The first-order valence-electron chi connectivity index (χ1n) is 5.68. The summed E-state index contributed by atoms with van der Waals surface area (Å²) in [5.41, 5.74) is 0.280. The number of carboxylic acids is 1. The van der Waals surface area contributed by atoms with E-state index < -0.39 is 23.9 Å². The van der Waals surface area contributed by atoms with Crippen LogP contribution in [0.1, 0.15) is 6.42 Å². The van der Waals surface area contributed by atoms with Gasteiger partial charge in [-0.1, -0.05) is 11.6 Å². The fourth-order valence-electron chi connectivity index (χ4n) is 1.39. The van der Waals surface area contributed by atoms with Gasteiger partial charge < -0.3 is 15.7 Å². The van der Waals surface area contributed by atoms with Gasteiger partial charge in [0.05, 0.1) is 5.02 Å². The summed E-state index contributed by atoms with van der Waals surface area (Å²) in [4.78, 5) is 22.6. The Bertz CT molecular complexity index is 502. The summed E-state index contributed by atoms with van der Waals surface area (Å²) in [6.45, 7) is 0. The molecule has 20 heavy (non-hydrogen) atoms. The van der Waals surface area contributed by atoms with Gasteiger partial charge in [0.25, 0.3) is 0 Å². The molecular formula is C12H14ClFN2O3S. The Morgan fingerprint density at radius 2 is 2.20 bits per heavy atom. The number of carbonyl (C=O) groups is 2. The normalized spacial score (nSPS) is 11.8. The van der Waals surface area contributed by atoms with Crippen LogP contribution in [0.3, 0.4) is 0 Å². The Kier molecular flexibility index (Phi) is 6.60. The molecule has 5 nitrogen and oxygen atoms in total. The minimum absolute atomic E-state index is 0.125. The van der Waals surface area contributed by atoms with Gasteiger partial charge in [0.1, 0.15) is 11.9 Å². The minimum Gasteiger partial charge on any atom is -0.480 e.